The third kappa shape index (κ3) is 2.32. The SMILES string of the molecule is CCONCc1cncn1CC. The average molecular weight is 169 g/mol. The van der Waals surface area contributed by atoms with Gasteiger partial charge < -0.3 is 9.40 Å². The molecular weight excluding hydrogens is 154 g/mol. The van der Waals surface area contributed by atoms with Crippen molar-refractivity contribution in [2.45, 2.75) is 26.9 Å². The maximum Gasteiger partial charge on any atom is 0.0948 e. The lowest BCUT2D eigenvalue weighted by molar-refractivity contribution is 0.0450. The average Bonchev–Trinajstić information content (AvgIpc) is 2.52. The van der Waals surface area contributed by atoms with E-state index in [0.29, 0.717) is 13.2 Å². The molecule has 0 unspecified atom stereocenters. The minimum absolute atomic E-state index is 0.681. The fourth-order valence-corrected chi connectivity index (χ4v) is 1.01. The van der Waals surface area contributed by atoms with Gasteiger partial charge in [0.15, 0.2) is 0 Å². The van der Waals surface area contributed by atoms with Crippen molar-refractivity contribution in [2.24, 2.45) is 0 Å². The molecule has 4 heteroatoms. The summed E-state index contributed by atoms with van der Waals surface area (Å²) in [4.78, 5) is 9.05. The highest BCUT2D eigenvalue weighted by atomic mass is 16.6. The highest BCUT2D eigenvalue weighted by Crippen LogP contribution is 1.97. The molecule has 0 atom stereocenters. The summed E-state index contributed by atoms with van der Waals surface area (Å²) in [6.45, 7) is 6.38. The Balaban J connectivity index is 2.39. The van der Waals surface area contributed by atoms with Gasteiger partial charge in [-0.05, 0) is 13.8 Å². The molecule has 0 aliphatic carbocycles. The van der Waals surface area contributed by atoms with E-state index in [2.05, 4.69) is 22.0 Å². The highest BCUT2D eigenvalue weighted by molar-refractivity contribution is 4.96. The van der Waals surface area contributed by atoms with Crippen LogP contribution in [0.25, 0.3) is 0 Å². The first-order valence-corrected chi connectivity index (χ1v) is 4.22. The maximum absolute atomic E-state index is 5.02. The molecule has 0 amide bonds. The van der Waals surface area contributed by atoms with E-state index in [1.165, 1.54) is 0 Å². The van der Waals surface area contributed by atoms with Crippen molar-refractivity contribution in [1.29, 1.82) is 0 Å². The molecule has 1 aromatic rings. The monoisotopic (exact) mass is 169 g/mol. The lowest BCUT2D eigenvalue weighted by atomic mass is 10.4. The van der Waals surface area contributed by atoms with Gasteiger partial charge >= 0.3 is 0 Å². The second-order valence-electron chi connectivity index (χ2n) is 2.43. The molecule has 4 nitrogen and oxygen atoms in total. The van der Waals surface area contributed by atoms with Crippen LogP contribution < -0.4 is 5.48 Å². The van der Waals surface area contributed by atoms with E-state index >= 15 is 0 Å². The lowest BCUT2D eigenvalue weighted by Gasteiger charge is -2.05. The number of hydrogen-bond donors (Lipinski definition) is 1. The molecule has 0 saturated heterocycles. The number of aryl methyl sites for hydroxylation is 1. The normalized spacial score (nSPS) is 10.5. The Morgan fingerprint density at radius 3 is 3.08 bits per heavy atom. The van der Waals surface area contributed by atoms with Crippen LogP contribution in [-0.2, 0) is 17.9 Å². The standard InChI is InChI=1S/C8H15N3O/c1-3-11-7-9-5-8(11)6-10-12-4-2/h5,7,10H,3-4,6H2,1-2H3. The van der Waals surface area contributed by atoms with Gasteiger partial charge in [-0.1, -0.05) is 0 Å². The minimum atomic E-state index is 0.681. The van der Waals surface area contributed by atoms with Crippen molar-refractivity contribution < 1.29 is 4.84 Å². The summed E-state index contributed by atoms with van der Waals surface area (Å²) >= 11 is 0. The Morgan fingerprint density at radius 1 is 1.58 bits per heavy atom. The quantitative estimate of drug-likeness (QED) is 0.526. The van der Waals surface area contributed by atoms with E-state index in [9.17, 15) is 0 Å². The van der Waals surface area contributed by atoms with Gasteiger partial charge in [-0.3, -0.25) is 0 Å². The van der Waals surface area contributed by atoms with Crippen molar-refractivity contribution in [2.75, 3.05) is 6.61 Å². The molecule has 0 aliphatic rings. The van der Waals surface area contributed by atoms with Gasteiger partial charge in [-0.15, -0.1) is 0 Å². The topological polar surface area (TPSA) is 39.1 Å². The maximum atomic E-state index is 5.02. The summed E-state index contributed by atoms with van der Waals surface area (Å²) in [5, 5.41) is 0. The molecular formula is C8H15N3O. The molecule has 0 fully saturated rings. The van der Waals surface area contributed by atoms with Crippen molar-refractivity contribution >= 4 is 0 Å². The number of hydroxylamine groups is 1. The molecule has 1 rings (SSSR count). The van der Waals surface area contributed by atoms with Gasteiger partial charge in [0, 0.05) is 12.7 Å². The van der Waals surface area contributed by atoms with Crippen LogP contribution in [0.4, 0.5) is 0 Å². The van der Waals surface area contributed by atoms with E-state index < -0.39 is 0 Å². The first-order valence-electron chi connectivity index (χ1n) is 4.22. The predicted molar refractivity (Wildman–Crippen MR) is 46.4 cm³/mol. The van der Waals surface area contributed by atoms with Gasteiger partial charge in [0.25, 0.3) is 0 Å². The van der Waals surface area contributed by atoms with Crippen LogP contribution >= 0.6 is 0 Å². The van der Waals surface area contributed by atoms with E-state index in [1.54, 1.807) is 0 Å². The number of rotatable bonds is 5. The van der Waals surface area contributed by atoms with E-state index in [4.69, 9.17) is 4.84 Å². The number of imidazole rings is 1. The predicted octanol–water partition coefficient (Wildman–Crippen LogP) is 0.944. The molecule has 0 aliphatic heterocycles. The number of aromatic nitrogens is 2. The molecule has 1 N–H and O–H groups in total. The van der Waals surface area contributed by atoms with Crippen LogP contribution in [0.5, 0.6) is 0 Å². The van der Waals surface area contributed by atoms with Gasteiger partial charge in [0.05, 0.1) is 25.2 Å². The third-order valence-corrected chi connectivity index (χ3v) is 1.64. The zero-order valence-corrected chi connectivity index (χ0v) is 7.58. The highest BCUT2D eigenvalue weighted by Gasteiger charge is 1.98. The van der Waals surface area contributed by atoms with Crippen LogP contribution in [0.3, 0.4) is 0 Å². The van der Waals surface area contributed by atoms with E-state index in [-0.39, 0.29) is 0 Å². The Bertz CT molecular complexity index is 222. The summed E-state index contributed by atoms with van der Waals surface area (Å²) < 4.78 is 2.08. The zero-order chi connectivity index (χ0) is 8.81. The lowest BCUT2D eigenvalue weighted by Crippen LogP contribution is -2.16. The first kappa shape index (κ1) is 9.22. The van der Waals surface area contributed by atoms with Crippen LogP contribution in [0.15, 0.2) is 12.5 Å². The van der Waals surface area contributed by atoms with Gasteiger partial charge in [-0.25, -0.2) is 4.98 Å². The summed E-state index contributed by atoms with van der Waals surface area (Å²) in [6, 6.07) is 0. The Kier molecular flexibility index (Phi) is 3.76. The molecule has 0 bridgehead atoms. The Labute approximate surface area is 72.5 Å². The first-order chi connectivity index (χ1) is 5.88. The molecule has 1 heterocycles. The molecule has 0 radical (unpaired) electrons. The smallest absolute Gasteiger partial charge is 0.0948 e. The fraction of sp³-hybridized carbons (Fsp3) is 0.625. The van der Waals surface area contributed by atoms with Crippen molar-refractivity contribution in [1.82, 2.24) is 15.0 Å². The van der Waals surface area contributed by atoms with Crippen LogP contribution in [0.2, 0.25) is 0 Å². The third-order valence-electron chi connectivity index (χ3n) is 1.64. The fourth-order valence-electron chi connectivity index (χ4n) is 1.01. The second kappa shape index (κ2) is 4.90. The number of nitrogens with one attached hydrogen (secondary N) is 1. The Morgan fingerprint density at radius 2 is 2.42 bits per heavy atom. The second-order valence-corrected chi connectivity index (χ2v) is 2.43. The van der Waals surface area contributed by atoms with Crippen molar-refractivity contribution in [3.8, 4) is 0 Å². The van der Waals surface area contributed by atoms with Crippen LogP contribution in [0, 0.1) is 0 Å². The molecule has 0 saturated carbocycles. The van der Waals surface area contributed by atoms with Crippen molar-refractivity contribution in [3.63, 3.8) is 0 Å². The molecule has 12 heavy (non-hydrogen) atoms. The van der Waals surface area contributed by atoms with Gasteiger partial charge in [0.2, 0.25) is 0 Å². The van der Waals surface area contributed by atoms with Gasteiger partial charge in [-0.2, -0.15) is 5.48 Å². The Hall–Kier alpha value is -0.870. The largest absolute Gasteiger partial charge is 0.334 e. The summed E-state index contributed by atoms with van der Waals surface area (Å²) in [6.07, 6.45) is 3.67. The summed E-state index contributed by atoms with van der Waals surface area (Å²) in [5.74, 6) is 0. The molecule has 0 aromatic carbocycles. The number of hydrogen-bond acceptors (Lipinski definition) is 3. The molecule has 1 aromatic heterocycles. The van der Waals surface area contributed by atoms with E-state index in [1.807, 2.05) is 19.4 Å². The van der Waals surface area contributed by atoms with Gasteiger partial charge in [0.1, 0.15) is 0 Å². The van der Waals surface area contributed by atoms with Crippen molar-refractivity contribution in [3.05, 3.63) is 18.2 Å². The van der Waals surface area contributed by atoms with Crippen LogP contribution in [0.1, 0.15) is 19.5 Å². The van der Waals surface area contributed by atoms with E-state index in [0.717, 1.165) is 12.2 Å². The zero-order valence-electron chi connectivity index (χ0n) is 7.58. The number of nitrogens with zero attached hydrogens (tertiary/aromatic N) is 2. The minimum Gasteiger partial charge on any atom is -0.334 e. The molecule has 68 valence electrons. The molecule has 0 spiro atoms. The van der Waals surface area contributed by atoms with Crippen LogP contribution in [-0.4, -0.2) is 16.2 Å². The summed E-state index contributed by atoms with van der Waals surface area (Å²) in [7, 11) is 0. The summed E-state index contributed by atoms with van der Waals surface area (Å²) in [5.41, 5.74) is 4.00.